The number of halogens is 3. The monoisotopic (exact) mass is 522 g/mol. The largest absolute Gasteiger partial charge is 0.444 e. The normalized spacial score (nSPS) is 17.3. The highest BCUT2D eigenvalue weighted by molar-refractivity contribution is 5.72. The smallest absolute Gasteiger partial charge is 0.418 e. The molecule has 1 N–H and O–H groups in total. The van der Waals surface area contributed by atoms with Gasteiger partial charge in [0.1, 0.15) is 0 Å². The molecule has 1 aliphatic carbocycles. The maximum Gasteiger partial charge on any atom is 0.418 e. The van der Waals surface area contributed by atoms with Crippen molar-refractivity contribution in [1.82, 2.24) is 14.8 Å². The van der Waals surface area contributed by atoms with E-state index < -0.39 is 23.4 Å². The van der Waals surface area contributed by atoms with Gasteiger partial charge in [-0.3, -0.25) is 4.79 Å². The average molecular weight is 523 g/mol. The predicted molar refractivity (Wildman–Crippen MR) is 135 cm³/mol. The van der Waals surface area contributed by atoms with Gasteiger partial charge in [0.15, 0.2) is 12.2 Å². The van der Waals surface area contributed by atoms with Gasteiger partial charge >= 0.3 is 6.18 Å². The summed E-state index contributed by atoms with van der Waals surface area (Å²) in [5, 5.41) is 14.6. The number of aliphatic hydroxyl groups excluding tert-OH is 1. The van der Waals surface area contributed by atoms with Gasteiger partial charge < -0.3 is 14.4 Å². The fraction of sp³-hybridized carbons (Fsp3) is 0.321. The minimum Gasteiger partial charge on any atom is -0.444 e. The number of benzene rings is 2. The number of hydrogen-bond acceptors (Lipinski definition) is 6. The number of aryl methyl sites for hydroxylation is 1. The molecular formula is C28H25F3N4O3. The minimum atomic E-state index is -4.69. The van der Waals surface area contributed by atoms with Crippen LogP contribution in [0.3, 0.4) is 0 Å². The van der Waals surface area contributed by atoms with Crippen LogP contribution in [0.25, 0.3) is 28.3 Å². The quantitative estimate of drug-likeness (QED) is 0.409. The van der Waals surface area contributed by atoms with Gasteiger partial charge in [0.05, 0.1) is 29.2 Å². The molecule has 0 bridgehead atoms. The number of aliphatic hydroxyl groups is 1. The van der Waals surface area contributed by atoms with E-state index >= 15 is 0 Å². The summed E-state index contributed by atoms with van der Waals surface area (Å²) in [5.74, 6) is 0.555. The van der Waals surface area contributed by atoms with Crippen molar-refractivity contribution >= 4 is 5.69 Å². The Morgan fingerprint density at radius 2 is 1.87 bits per heavy atom. The third-order valence-corrected chi connectivity index (χ3v) is 7.27. The lowest BCUT2D eigenvalue weighted by atomic mass is 9.99. The fourth-order valence-electron chi connectivity index (χ4n) is 5.50. The Labute approximate surface area is 216 Å². The molecule has 2 aromatic carbocycles. The highest BCUT2D eigenvalue weighted by atomic mass is 19.4. The molecule has 2 aliphatic rings. The summed E-state index contributed by atoms with van der Waals surface area (Å²) in [6.07, 6.45) is 0.0303. The van der Waals surface area contributed by atoms with Crippen molar-refractivity contribution in [3.05, 3.63) is 81.6 Å². The Bertz CT molecular complexity index is 1580. The van der Waals surface area contributed by atoms with Crippen molar-refractivity contribution < 1.29 is 22.7 Å². The van der Waals surface area contributed by atoms with Gasteiger partial charge in [-0.1, -0.05) is 0 Å². The van der Waals surface area contributed by atoms with Gasteiger partial charge in [-0.05, 0) is 80.1 Å². The molecule has 1 aliphatic heterocycles. The molecule has 10 heteroatoms. The molecule has 0 radical (unpaired) electrons. The molecule has 7 nitrogen and oxygen atoms in total. The molecular weight excluding hydrogens is 497 g/mol. The Morgan fingerprint density at radius 1 is 1.08 bits per heavy atom. The maximum atomic E-state index is 14.2. The van der Waals surface area contributed by atoms with E-state index in [4.69, 9.17) is 4.42 Å². The first-order valence-electron chi connectivity index (χ1n) is 12.5. The second-order valence-electron chi connectivity index (χ2n) is 9.92. The summed E-state index contributed by atoms with van der Waals surface area (Å²) >= 11 is 0. The number of alkyl halides is 3. The van der Waals surface area contributed by atoms with E-state index in [0.29, 0.717) is 60.6 Å². The second kappa shape index (κ2) is 9.13. The van der Waals surface area contributed by atoms with Crippen LogP contribution in [-0.4, -0.2) is 39.1 Å². The lowest BCUT2D eigenvalue weighted by Crippen LogP contribution is -2.29. The van der Waals surface area contributed by atoms with Crippen LogP contribution in [0.5, 0.6) is 0 Å². The molecule has 4 aromatic rings. The molecule has 2 aromatic heterocycles. The van der Waals surface area contributed by atoms with Gasteiger partial charge in [-0.25, -0.2) is 4.98 Å². The molecule has 1 saturated heterocycles. The average Bonchev–Trinajstić information content (AvgIpc) is 3.65. The van der Waals surface area contributed by atoms with Crippen LogP contribution in [0.2, 0.25) is 0 Å². The standard InChI is InChI=1S/C28H25F3N4O3/c1-16-9-17(25-13-32-15-38-25)11-18(10-16)26-21-3-2-4-22(21)27(37)35(33-26)24-12-19(34-8-7-20(36)14-34)5-6-23(24)28(29,30)31/h5-6,9-13,15,20,36H,2-4,7-8,14H2,1H3. The number of fused-ring (bicyclic) bond motifs is 1. The fourth-order valence-corrected chi connectivity index (χ4v) is 5.50. The van der Waals surface area contributed by atoms with Crippen molar-refractivity contribution in [1.29, 1.82) is 0 Å². The molecule has 196 valence electrons. The molecule has 1 atom stereocenters. The van der Waals surface area contributed by atoms with Crippen molar-refractivity contribution in [2.24, 2.45) is 0 Å². The van der Waals surface area contributed by atoms with E-state index in [1.165, 1.54) is 18.5 Å². The zero-order chi connectivity index (χ0) is 26.6. The van der Waals surface area contributed by atoms with Gasteiger partial charge in [0, 0.05) is 35.5 Å². The first kappa shape index (κ1) is 24.4. The molecule has 3 heterocycles. The SMILES string of the molecule is Cc1cc(-c2cnco2)cc(-c2nn(-c3cc(N4CCC(O)C4)ccc3C(F)(F)F)c(=O)c3c2CCC3)c1. The lowest BCUT2D eigenvalue weighted by Gasteiger charge is -2.22. The third-order valence-electron chi connectivity index (χ3n) is 7.27. The van der Waals surface area contributed by atoms with Crippen molar-refractivity contribution in [3.63, 3.8) is 0 Å². The van der Waals surface area contributed by atoms with Crippen LogP contribution in [0.1, 0.15) is 35.1 Å². The number of rotatable bonds is 4. The second-order valence-corrected chi connectivity index (χ2v) is 9.92. The van der Waals surface area contributed by atoms with Gasteiger partial charge in [0.2, 0.25) is 0 Å². The van der Waals surface area contributed by atoms with E-state index in [1.54, 1.807) is 6.20 Å². The summed E-state index contributed by atoms with van der Waals surface area (Å²) in [7, 11) is 0. The number of hydrogen-bond donors (Lipinski definition) is 1. The Balaban J connectivity index is 1.57. The lowest BCUT2D eigenvalue weighted by molar-refractivity contribution is -0.137. The zero-order valence-electron chi connectivity index (χ0n) is 20.6. The molecule has 1 unspecified atom stereocenters. The highest BCUT2D eigenvalue weighted by Gasteiger charge is 2.36. The van der Waals surface area contributed by atoms with Crippen LogP contribution in [0.4, 0.5) is 18.9 Å². The first-order valence-corrected chi connectivity index (χ1v) is 12.5. The molecule has 6 rings (SSSR count). The van der Waals surface area contributed by atoms with Gasteiger partial charge in [0.25, 0.3) is 5.56 Å². The van der Waals surface area contributed by atoms with Crippen LogP contribution in [0.15, 0.2) is 58.2 Å². The summed E-state index contributed by atoms with van der Waals surface area (Å²) in [6.45, 7) is 2.74. The minimum absolute atomic E-state index is 0.316. The zero-order valence-corrected chi connectivity index (χ0v) is 20.6. The van der Waals surface area contributed by atoms with Crippen molar-refractivity contribution in [3.8, 4) is 28.3 Å². The molecule has 1 fully saturated rings. The predicted octanol–water partition coefficient (Wildman–Crippen LogP) is 4.94. The molecule has 0 spiro atoms. The van der Waals surface area contributed by atoms with Crippen LogP contribution < -0.4 is 10.5 Å². The van der Waals surface area contributed by atoms with Crippen LogP contribution >= 0.6 is 0 Å². The van der Waals surface area contributed by atoms with Crippen LogP contribution in [0, 0.1) is 6.92 Å². The summed E-state index contributed by atoms with van der Waals surface area (Å²) in [5.41, 5.74) is 2.82. The third kappa shape index (κ3) is 4.28. The van der Waals surface area contributed by atoms with Gasteiger partial charge in [-0.15, -0.1) is 0 Å². The van der Waals surface area contributed by atoms with E-state index in [9.17, 15) is 23.1 Å². The topological polar surface area (TPSA) is 84.4 Å². The van der Waals surface area contributed by atoms with E-state index in [2.05, 4.69) is 10.1 Å². The van der Waals surface area contributed by atoms with E-state index in [0.717, 1.165) is 33.9 Å². The van der Waals surface area contributed by atoms with E-state index in [1.807, 2.05) is 30.0 Å². The molecule has 38 heavy (non-hydrogen) atoms. The Morgan fingerprint density at radius 3 is 2.58 bits per heavy atom. The summed E-state index contributed by atoms with van der Waals surface area (Å²) in [6, 6.07) is 9.42. The van der Waals surface area contributed by atoms with Crippen molar-refractivity contribution in [2.75, 3.05) is 18.0 Å². The number of anilines is 1. The summed E-state index contributed by atoms with van der Waals surface area (Å²) in [4.78, 5) is 19.4. The van der Waals surface area contributed by atoms with Crippen molar-refractivity contribution in [2.45, 2.75) is 44.9 Å². The van der Waals surface area contributed by atoms with E-state index in [-0.39, 0.29) is 5.69 Å². The molecule has 0 amide bonds. The number of β-amino-alcohol motifs (C(OH)–C–C–N with tert-alkyl or cyclic N) is 1. The first-order chi connectivity index (χ1) is 18.2. The molecule has 0 saturated carbocycles. The maximum absolute atomic E-state index is 14.2. The number of aromatic nitrogens is 3. The Kier molecular flexibility index (Phi) is 5.86. The van der Waals surface area contributed by atoms with Gasteiger partial charge in [-0.2, -0.15) is 23.0 Å². The Hall–Kier alpha value is -3.92. The van der Waals surface area contributed by atoms with Crippen LogP contribution in [-0.2, 0) is 19.0 Å². The number of nitrogens with zero attached hydrogens (tertiary/aromatic N) is 4. The highest BCUT2D eigenvalue weighted by Crippen LogP contribution is 2.38. The summed E-state index contributed by atoms with van der Waals surface area (Å²) < 4.78 is 48.9. The number of oxazole rings is 1.